The summed E-state index contributed by atoms with van der Waals surface area (Å²) in [4.78, 5) is 15.1. The monoisotopic (exact) mass is 279 g/mol. The van der Waals surface area contributed by atoms with Crippen LogP contribution in [0.25, 0.3) is 0 Å². The molecule has 1 aromatic carbocycles. The first kappa shape index (κ1) is 14.8. The van der Waals surface area contributed by atoms with E-state index in [2.05, 4.69) is 5.32 Å². The van der Waals surface area contributed by atoms with Gasteiger partial charge in [0.05, 0.1) is 5.69 Å². The van der Waals surface area contributed by atoms with Crippen LogP contribution in [0.4, 0.5) is 10.1 Å². The van der Waals surface area contributed by atoms with Crippen molar-refractivity contribution in [3.05, 3.63) is 29.6 Å². The van der Waals surface area contributed by atoms with Crippen molar-refractivity contribution in [1.29, 1.82) is 0 Å². The zero-order chi connectivity index (χ0) is 14.7. The van der Waals surface area contributed by atoms with E-state index in [1.54, 1.807) is 17.9 Å². The van der Waals surface area contributed by atoms with Gasteiger partial charge in [-0.25, -0.2) is 4.39 Å². The van der Waals surface area contributed by atoms with Gasteiger partial charge in [0.1, 0.15) is 5.82 Å². The predicted octanol–water partition coefficient (Wildman–Crippen LogP) is 1.77. The summed E-state index contributed by atoms with van der Waals surface area (Å²) in [6, 6.07) is 5.51. The van der Waals surface area contributed by atoms with Crippen LogP contribution in [0.15, 0.2) is 18.2 Å². The van der Waals surface area contributed by atoms with Crippen molar-refractivity contribution in [3.63, 3.8) is 0 Å². The SMILES string of the molecule is CNC(C)c1ccc(N2CCN(C(C)=O)CC2)c(F)c1. The molecule has 1 amide bonds. The minimum atomic E-state index is -0.194. The third-order valence-electron chi connectivity index (χ3n) is 3.97. The van der Waals surface area contributed by atoms with E-state index in [0.29, 0.717) is 31.9 Å². The van der Waals surface area contributed by atoms with Crippen LogP contribution in [-0.2, 0) is 4.79 Å². The number of anilines is 1. The number of nitrogens with zero attached hydrogens (tertiary/aromatic N) is 2. The van der Waals surface area contributed by atoms with Crippen LogP contribution in [0.2, 0.25) is 0 Å². The number of benzene rings is 1. The van der Waals surface area contributed by atoms with Crippen molar-refractivity contribution in [2.75, 3.05) is 38.1 Å². The third kappa shape index (κ3) is 3.10. The van der Waals surface area contributed by atoms with Crippen LogP contribution in [0.3, 0.4) is 0 Å². The summed E-state index contributed by atoms with van der Waals surface area (Å²) in [5.41, 5.74) is 1.57. The lowest BCUT2D eigenvalue weighted by molar-refractivity contribution is -0.129. The Hall–Kier alpha value is -1.62. The molecular weight excluding hydrogens is 257 g/mol. The van der Waals surface area contributed by atoms with Gasteiger partial charge in [-0.15, -0.1) is 0 Å². The second-order valence-electron chi connectivity index (χ2n) is 5.21. The van der Waals surface area contributed by atoms with Crippen LogP contribution >= 0.6 is 0 Å². The Labute approximate surface area is 119 Å². The normalized spacial score (nSPS) is 17.2. The largest absolute Gasteiger partial charge is 0.366 e. The minimum absolute atomic E-state index is 0.0864. The average molecular weight is 279 g/mol. The van der Waals surface area contributed by atoms with Gasteiger partial charge < -0.3 is 15.1 Å². The minimum Gasteiger partial charge on any atom is -0.366 e. The van der Waals surface area contributed by atoms with Crippen LogP contribution in [0, 0.1) is 5.82 Å². The molecule has 0 bridgehead atoms. The van der Waals surface area contributed by atoms with E-state index in [9.17, 15) is 9.18 Å². The maximum Gasteiger partial charge on any atom is 0.219 e. The van der Waals surface area contributed by atoms with Crippen LogP contribution < -0.4 is 10.2 Å². The van der Waals surface area contributed by atoms with Gasteiger partial charge in [-0.2, -0.15) is 0 Å². The number of halogens is 1. The molecule has 1 saturated heterocycles. The van der Waals surface area contributed by atoms with Gasteiger partial charge >= 0.3 is 0 Å². The maximum atomic E-state index is 14.2. The Bertz CT molecular complexity index is 484. The topological polar surface area (TPSA) is 35.6 Å². The molecule has 0 saturated carbocycles. The molecule has 0 aromatic heterocycles. The molecule has 1 aliphatic rings. The van der Waals surface area contributed by atoms with Crippen molar-refractivity contribution < 1.29 is 9.18 Å². The number of hydrogen-bond donors (Lipinski definition) is 1. The Balaban J connectivity index is 2.09. The number of carbonyl (C=O) groups is 1. The number of rotatable bonds is 3. The van der Waals surface area contributed by atoms with Gasteiger partial charge in [0.25, 0.3) is 0 Å². The summed E-state index contributed by atoms with van der Waals surface area (Å²) in [7, 11) is 1.86. The molecule has 1 aliphatic heterocycles. The number of carbonyl (C=O) groups excluding carboxylic acids is 1. The van der Waals surface area contributed by atoms with E-state index in [-0.39, 0.29) is 17.8 Å². The molecule has 1 unspecified atom stereocenters. The molecule has 0 spiro atoms. The van der Waals surface area contributed by atoms with Gasteiger partial charge in [0.2, 0.25) is 5.91 Å². The summed E-state index contributed by atoms with van der Waals surface area (Å²) in [6.45, 7) is 6.24. The molecule has 1 N–H and O–H groups in total. The molecule has 4 nitrogen and oxygen atoms in total. The fourth-order valence-corrected chi connectivity index (χ4v) is 2.48. The highest BCUT2D eigenvalue weighted by Crippen LogP contribution is 2.24. The molecule has 1 atom stereocenters. The molecule has 5 heteroatoms. The molecular formula is C15H22FN3O. The summed E-state index contributed by atoms with van der Waals surface area (Å²) < 4.78 is 14.2. The third-order valence-corrected chi connectivity index (χ3v) is 3.97. The van der Waals surface area contributed by atoms with E-state index >= 15 is 0 Å². The number of amides is 1. The van der Waals surface area contributed by atoms with Crippen molar-refractivity contribution >= 4 is 11.6 Å². The summed E-state index contributed by atoms with van der Waals surface area (Å²) in [5.74, 6) is -0.107. The molecule has 0 aliphatic carbocycles. The first-order chi connectivity index (χ1) is 9.52. The number of piperazine rings is 1. The summed E-state index contributed by atoms with van der Waals surface area (Å²) in [6.07, 6.45) is 0. The van der Waals surface area contributed by atoms with E-state index in [1.807, 2.05) is 31.0 Å². The van der Waals surface area contributed by atoms with Crippen LogP contribution in [-0.4, -0.2) is 44.0 Å². The lowest BCUT2D eigenvalue weighted by Gasteiger charge is -2.35. The van der Waals surface area contributed by atoms with Crippen molar-refractivity contribution in [3.8, 4) is 0 Å². The molecule has 2 rings (SSSR count). The molecule has 0 radical (unpaired) electrons. The van der Waals surface area contributed by atoms with Gasteiger partial charge in [-0.1, -0.05) is 6.07 Å². The van der Waals surface area contributed by atoms with Crippen molar-refractivity contribution in [1.82, 2.24) is 10.2 Å². The Morgan fingerprint density at radius 3 is 2.45 bits per heavy atom. The smallest absolute Gasteiger partial charge is 0.219 e. The number of hydrogen-bond acceptors (Lipinski definition) is 3. The quantitative estimate of drug-likeness (QED) is 0.916. The lowest BCUT2D eigenvalue weighted by Crippen LogP contribution is -2.48. The highest BCUT2D eigenvalue weighted by atomic mass is 19.1. The highest BCUT2D eigenvalue weighted by Gasteiger charge is 2.21. The van der Waals surface area contributed by atoms with Crippen molar-refractivity contribution in [2.24, 2.45) is 0 Å². The summed E-state index contributed by atoms with van der Waals surface area (Å²) >= 11 is 0. The second kappa shape index (κ2) is 6.22. The molecule has 1 fully saturated rings. The zero-order valence-electron chi connectivity index (χ0n) is 12.3. The van der Waals surface area contributed by atoms with Crippen LogP contribution in [0.5, 0.6) is 0 Å². The fraction of sp³-hybridized carbons (Fsp3) is 0.533. The Morgan fingerprint density at radius 1 is 1.30 bits per heavy atom. The van der Waals surface area contributed by atoms with Crippen molar-refractivity contribution in [2.45, 2.75) is 19.9 Å². The fourth-order valence-electron chi connectivity index (χ4n) is 2.48. The molecule has 20 heavy (non-hydrogen) atoms. The van der Waals surface area contributed by atoms with Gasteiger partial charge in [0.15, 0.2) is 0 Å². The molecule has 1 heterocycles. The predicted molar refractivity (Wildman–Crippen MR) is 78.3 cm³/mol. The summed E-state index contributed by atoms with van der Waals surface area (Å²) in [5, 5.41) is 3.10. The average Bonchev–Trinajstić information content (AvgIpc) is 2.46. The van der Waals surface area contributed by atoms with Gasteiger partial charge in [-0.3, -0.25) is 4.79 Å². The van der Waals surface area contributed by atoms with Crippen LogP contribution in [0.1, 0.15) is 25.5 Å². The molecule has 110 valence electrons. The van der Waals surface area contributed by atoms with E-state index < -0.39 is 0 Å². The lowest BCUT2D eigenvalue weighted by atomic mass is 10.1. The van der Waals surface area contributed by atoms with E-state index in [1.165, 1.54) is 0 Å². The van der Waals surface area contributed by atoms with Gasteiger partial charge in [0, 0.05) is 39.1 Å². The number of nitrogens with one attached hydrogen (secondary N) is 1. The Morgan fingerprint density at radius 2 is 1.95 bits per heavy atom. The second-order valence-corrected chi connectivity index (χ2v) is 5.21. The van der Waals surface area contributed by atoms with E-state index in [0.717, 1.165) is 5.56 Å². The maximum absolute atomic E-state index is 14.2. The van der Waals surface area contributed by atoms with Gasteiger partial charge in [-0.05, 0) is 31.7 Å². The first-order valence-electron chi connectivity index (χ1n) is 7.00. The first-order valence-corrected chi connectivity index (χ1v) is 7.00. The van der Waals surface area contributed by atoms with E-state index in [4.69, 9.17) is 0 Å². The Kier molecular flexibility index (Phi) is 4.60. The highest BCUT2D eigenvalue weighted by molar-refractivity contribution is 5.73. The standard InChI is InChI=1S/C15H22FN3O/c1-11(17-3)13-4-5-15(14(16)10-13)19-8-6-18(7-9-19)12(2)20/h4-5,10-11,17H,6-9H2,1-3H3. The molecule has 1 aromatic rings. The zero-order valence-corrected chi connectivity index (χ0v) is 12.3.